The molecule has 0 aromatic carbocycles. The molecule has 1 rings (SSSR count). The number of likely N-dealkylation sites (N-methyl/N-ethyl adjacent to an activating group) is 1. The third-order valence-electron chi connectivity index (χ3n) is 2.46. The van der Waals surface area contributed by atoms with Crippen LogP contribution in [0.3, 0.4) is 0 Å². The number of amides is 2. The molecule has 20 heavy (non-hydrogen) atoms. The average molecular weight is 322 g/mol. The molecule has 1 atom stereocenters. The Morgan fingerprint density at radius 2 is 2.25 bits per heavy atom. The molecule has 6 nitrogen and oxygen atoms in total. The first-order chi connectivity index (χ1) is 9.04. The molecular weight excluding hydrogens is 302 g/mol. The molecule has 0 radical (unpaired) electrons. The quantitative estimate of drug-likeness (QED) is 0.752. The number of halogens is 1. The van der Waals surface area contributed by atoms with E-state index in [-0.39, 0.29) is 37.4 Å². The average Bonchev–Trinajstić information content (AvgIpc) is 2.88. The van der Waals surface area contributed by atoms with Crippen LogP contribution in [-0.4, -0.2) is 50.1 Å². The van der Waals surface area contributed by atoms with Gasteiger partial charge in [0.15, 0.2) is 0 Å². The van der Waals surface area contributed by atoms with Gasteiger partial charge in [-0.1, -0.05) is 6.07 Å². The highest BCUT2D eigenvalue weighted by Crippen LogP contribution is 2.07. The number of carbonyl (C=O) groups excluding carboxylic acids is 2. The number of nitrogens with zero attached hydrogens (tertiary/aromatic N) is 1. The smallest absolute Gasteiger partial charge is 0.242 e. The standard InChI is InChI=1S/C12H19N3O3S.ClH/c1-15(12(17)10(13)8-18-2)7-11(16)14-6-9-4-3-5-19-9;/h3-5,10H,6-8,13H2,1-2H3,(H,14,16);1H. The molecule has 1 aromatic rings. The van der Waals surface area contributed by atoms with Gasteiger partial charge in [-0.15, -0.1) is 23.7 Å². The van der Waals surface area contributed by atoms with Crippen molar-refractivity contribution in [3.05, 3.63) is 22.4 Å². The van der Waals surface area contributed by atoms with Crippen LogP contribution in [0.2, 0.25) is 0 Å². The van der Waals surface area contributed by atoms with E-state index in [4.69, 9.17) is 10.5 Å². The van der Waals surface area contributed by atoms with Crippen LogP contribution in [0.5, 0.6) is 0 Å². The lowest BCUT2D eigenvalue weighted by molar-refractivity contribution is -0.136. The summed E-state index contributed by atoms with van der Waals surface area (Å²) in [7, 11) is 3.02. The van der Waals surface area contributed by atoms with Gasteiger partial charge in [0.2, 0.25) is 11.8 Å². The summed E-state index contributed by atoms with van der Waals surface area (Å²) < 4.78 is 4.80. The Hall–Kier alpha value is -1.15. The highest BCUT2D eigenvalue weighted by atomic mass is 35.5. The molecule has 1 heterocycles. The van der Waals surface area contributed by atoms with Crippen LogP contribution in [0, 0.1) is 0 Å². The summed E-state index contributed by atoms with van der Waals surface area (Å²) in [5.41, 5.74) is 5.61. The molecule has 0 aliphatic rings. The van der Waals surface area contributed by atoms with Crippen LogP contribution in [0.15, 0.2) is 17.5 Å². The maximum atomic E-state index is 11.7. The van der Waals surface area contributed by atoms with Crippen LogP contribution < -0.4 is 11.1 Å². The van der Waals surface area contributed by atoms with Crippen molar-refractivity contribution in [1.29, 1.82) is 0 Å². The number of carbonyl (C=O) groups is 2. The number of hydrogen-bond acceptors (Lipinski definition) is 5. The number of nitrogens with one attached hydrogen (secondary N) is 1. The molecular formula is C12H20ClN3O3S. The second kappa shape index (κ2) is 9.71. The van der Waals surface area contributed by atoms with Crippen LogP contribution in [0.4, 0.5) is 0 Å². The van der Waals surface area contributed by atoms with Crippen molar-refractivity contribution in [3.8, 4) is 0 Å². The third kappa shape index (κ3) is 6.33. The molecule has 0 spiro atoms. The van der Waals surface area contributed by atoms with Crippen molar-refractivity contribution in [1.82, 2.24) is 10.2 Å². The molecule has 0 saturated heterocycles. The Morgan fingerprint density at radius 1 is 1.55 bits per heavy atom. The number of methoxy groups -OCH3 is 1. The van der Waals surface area contributed by atoms with Gasteiger partial charge in [0, 0.05) is 19.0 Å². The first-order valence-electron chi connectivity index (χ1n) is 5.83. The normalized spacial score (nSPS) is 11.3. The minimum Gasteiger partial charge on any atom is -0.383 e. The summed E-state index contributed by atoms with van der Waals surface area (Å²) in [4.78, 5) is 25.8. The van der Waals surface area contributed by atoms with Gasteiger partial charge >= 0.3 is 0 Å². The van der Waals surface area contributed by atoms with E-state index in [2.05, 4.69) is 5.32 Å². The van der Waals surface area contributed by atoms with Crippen LogP contribution in [0.25, 0.3) is 0 Å². The molecule has 0 fully saturated rings. The van der Waals surface area contributed by atoms with Gasteiger partial charge in [0.1, 0.15) is 6.04 Å². The predicted octanol–water partition coefficient (Wildman–Crippen LogP) is 0.218. The summed E-state index contributed by atoms with van der Waals surface area (Å²) in [5.74, 6) is -0.526. The van der Waals surface area contributed by atoms with Gasteiger partial charge < -0.3 is 20.7 Å². The lowest BCUT2D eigenvalue weighted by Crippen LogP contribution is -2.47. The number of hydrogen-bond donors (Lipinski definition) is 2. The largest absolute Gasteiger partial charge is 0.383 e. The fraction of sp³-hybridized carbons (Fsp3) is 0.500. The number of rotatable bonds is 7. The van der Waals surface area contributed by atoms with E-state index in [0.717, 1.165) is 4.88 Å². The van der Waals surface area contributed by atoms with Crippen molar-refractivity contribution >= 4 is 35.6 Å². The molecule has 1 aromatic heterocycles. The fourth-order valence-corrected chi connectivity index (χ4v) is 2.13. The van der Waals surface area contributed by atoms with Gasteiger partial charge in [-0.25, -0.2) is 0 Å². The molecule has 2 amide bonds. The van der Waals surface area contributed by atoms with E-state index in [0.29, 0.717) is 6.54 Å². The van der Waals surface area contributed by atoms with Crippen LogP contribution >= 0.6 is 23.7 Å². The highest BCUT2D eigenvalue weighted by Gasteiger charge is 2.19. The van der Waals surface area contributed by atoms with E-state index < -0.39 is 6.04 Å². The summed E-state index contributed by atoms with van der Waals surface area (Å²) in [5, 5.41) is 4.69. The predicted molar refractivity (Wildman–Crippen MR) is 80.9 cm³/mol. The summed E-state index contributed by atoms with van der Waals surface area (Å²) in [6, 6.07) is 3.12. The molecule has 8 heteroatoms. The molecule has 0 aliphatic carbocycles. The molecule has 0 saturated carbocycles. The third-order valence-corrected chi connectivity index (χ3v) is 3.34. The van der Waals surface area contributed by atoms with E-state index in [1.165, 1.54) is 12.0 Å². The molecule has 0 aliphatic heterocycles. The maximum Gasteiger partial charge on any atom is 0.242 e. The molecule has 3 N–H and O–H groups in total. The second-order valence-corrected chi connectivity index (χ2v) is 5.14. The van der Waals surface area contributed by atoms with E-state index >= 15 is 0 Å². The monoisotopic (exact) mass is 321 g/mol. The SMILES string of the molecule is COCC(N)C(=O)N(C)CC(=O)NCc1cccs1.Cl. The van der Waals surface area contributed by atoms with Crippen molar-refractivity contribution in [2.75, 3.05) is 27.3 Å². The second-order valence-electron chi connectivity index (χ2n) is 4.11. The summed E-state index contributed by atoms with van der Waals surface area (Å²) >= 11 is 1.57. The zero-order valence-electron chi connectivity index (χ0n) is 11.5. The number of ether oxygens (including phenoxy) is 1. The van der Waals surface area contributed by atoms with E-state index in [9.17, 15) is 9.59 Å². The Labute approximate surface area is 128 Å². The van der Waals surface area contributed by atoms with Gasteiger partial charge in [0.25, 0.3) is 0 Å². The topological polar surface area (TPSA) is 84.7 Å². The maximum absolute atomic E-state index is 11.7. The van der Waals surface area contributed by atoms with Gasteiger partial charge in [-0.3, -0.25) is 9.59 Å². The first-order valence-corrected chi connectivity index (χ1v) is 6.71. The molecule has 1 unspecified atom stereocenters. The Bertz CT molecular complexity index is 414. The Morgan fingerprint density at radius 3 is 2.80 bits per heavy atom. The van der Waals surface area contributed by atoms with E-state index in [1.54, 1.807) is 18.4 Å². The first kappa shape index (κ1) is 18.9. The molecule has 114 valence electrons. The Balaban J connectivity index is 0.00000361. The Kier molecular flexibility index (Phi) is 9.15. The molecule has 0 bridgehead atoms. The van der Waals surface area contributed by atoms with Gasteiger partial charge in [0.05, 0.1) is 19.7 Å². The summed E-state index contributed by atoms with van der Waals surface area (Å²) in [6.45, 7) is 0.601. The minimum atomic E-state index is -0.736. The summed E-state index contributed by atoms with van der Waals surface area (Å²) in [6.07, 6.45) is 0. The number of nitrogens with two attached hydrogens (primary N) is 1. The zero-order chi connectivity index (χ0) is 14.3. The lowest BCUT2D eigenvalue weighted by atomic mass is 10.3. The van der Waals surface area contributed by atoms with Gasteiger partial charge in [-0.05, 0) is 11.4 Å². The van der Waals surface area contributed by atoms with Crippen molar-refractivity contribution in [2.45, 2.75) is 12.6 Å². The fourth-order valence-electron chi connectivity index (χ4n) is 1.48. The highest BCUT2D eigenvalue weighted by molar-refractivity contribution is 7.09. The minimum absolute atomic E-state index is 0. The van der Waals surface area contributed by atoms with Crippen LogP contribution in [0.1, 0.15) is 4.88 Å². The lowest BCUT2D eigenvalue weighted by Gasteiger charge is -2.20. The van der Waals surface area contributed by atoms with E-state index in [1.807, 2.05) is 17.5 Å². The van der Waals surface area contributed by atoms with Crippen molar-refractivity contribution < 1.29 is 14.3 Å². The van der Waals surface area contributed by atoms with Gasteiger partial charge in [-0.2, -0.15) is 0 Å². The van der Waals surface area contributed by atoms with Crippen molar-refractivity contribution in [2.24, 2.45) is 5.73 Å². The van der Waals surface area contributed by atoms with Crippen molar-refractivity contribution in [3.63, 3.8) is 0 Å². The zero-order valence-corrected chi connectivity index (χ0v) is 13.1. The number of thiophene rings is 1. The van der Waals surface area contributed by atoms with Crippen LogP contribution in [-0.2, 0) is 20.9 Å².